The van der Waals surface area contributed by atoms with Gasteiger partial charge >= 0.3 is 0 Å². The number of anilines is 1. The summed E-state index contributed by atoms with van der Waals surface area (Å²) in [5.74, 6) is -0.101. The zero-order valence-electron chi connectivity index (χ0n) is 13.7. The van der Waals surface area contributed by atoms with E-state index >= 15 is 0 Å². The first-order valence-corrected chi connectivity index (χ1v) is 10.4. The molecule has 1 aliphatic rings. The van der Waals surface area contributed by atoms with Gasteiger partial charge in [0.2, 0.25) is 5.96 Å². The minimum atomic E-state index is -3.95. The van der Waals surface area contributed by atoms with Crippen molar-refractivity contribution in [1.29, 1.82) is 0 Å². The largest absolute Gasteiger partial charge is 0.369 e. The molecular weight excluding hydrogens is 410 g/mol. The zero-order valence-corrected chi connectivity index (χ0v) is 16.1. The van der Waals surface area contributed by atoms with E-state index in [1.54, 1.807) is 23.7 Å². The Morgan fingerprint density at radius 3 is 2.96 bits per heavy atom. The molecule has 0 spiro atoms. The lowest BCUT2D eigenvalue weighted by Crippen LogP contribution is -2.25. The van der Waals surface area contributed by atoms with E-state index in [2.05, 4.69) is 20.2 Å². The van der Waals surface area contributed by atoms with Crippen molar-refractivity contribution in [1.82, 2.24) is 14.8 Å². The van der Waals surface area contributed by atoms with Crippen molar-refractivity contribution < 1.29 is 8.42 Å². The van der Waals surface area contributed by atoms with Crippen molar-refractivity contribution in [3.8, 4) is 0 Å². The third-order valence-corrected chi connectivity index (χ3v) is 6.48. The first-order valence-electron chi connectivity index (χ1n) is 7.68. The molecule has 0 radical (unpaired) electrons. The van der Waals surface area contributed by atoms with Crippen LogP contribution in [0.5, 0.6) is 0 Å². The summed E-state index contributed by atoms with van der Waals surface area (Å²) in [4.78, 5) is 4.58. The molecule has 0 aliphatic heterocycles. The lowest BCUT2D eigenvalue weighted by atomic mass is 10.1. The monoisotopic (exact) mass is 423 g/mol. The van der Waals surface area contributed by atoms with E-state index in [1.807, 2.05) is 12.1 Å². The smallest absolute Gasteiger partial charge is 0.281 e. The number of thiazole rings is 1. The van der Waals surface area contributed by atoms with Crippen LogP contribution >= 0.6 is 22.9 Å². The van der Waals surface area contributed by atoms with Crippen LogP contribution in [0.15, 0.2) is 46.0 Å². The maximum Gasteiger partial charge on any atom is 0.281 e. The SMILES string of the molecule is NC(N)=NNC1=CCc2c(NS(=O)(=O)c3c(Cl)nc4sccn34)cccc21. The van der Waals surface area contributed by atoms with Crippen LogP contribution in [-0.4, -0.2) is 23.8 Å². The molecule has 2 heterocycles. The van der Waals surface area contributed by atoms with Crippen LogP contribution in [0.3, 0.4) is 0 Å². The molecule has 27 heavy (non-hydrogen) atoms. The Labute approximate surface area is 163 Å². The van der Waals surface area contributed by atoms with Crippen LogP contribution in [0.4, 0.5) is 5.69 Å². The average molecular weight is 424 g/mol. The predicted octanol–water partition coefficient (Wildman–Crippen LogP) is 1.52. The van der Waals surface area contributed by atoms with Gasteiger partial charge in [-0.05, 0) is 18.1 Å². The van der Waals surface area contributed by atoms with E-state index in [0.717, 1.165) is 11.1 Å². The second kappa shape index (κ2) is 6.44. The standard InChI is InChI=1S/C15H14ClN7O2S2/c16-12-13(23-6-7-26-15(23)19-12)27(24,25)22-11-3-1-2-8-9(11)4-5-10(8)20-21-14(17)18/h1-3,5-7,20,22H,4H2,(H4,17,18,21). The highest BCUT2D eigenvalue weighted by atomic mass is 35.5. The number of nitrogens with one attached hydrogen (secondary N) is 2. The summed E-state index contributed by atoms with van der Waals surface area (Å²) in [6, 6.07) is 5.28. The Hall–Kier alpha value is -2.76. The quantitative estimate of drug-likeness (QED) is 0.278. The van der Waals surface area contributed by atoms with E-state index < -0.39 is 10.0 Å². The summed E-state index contributed by atoms with van der Waals surface area (Å²) >= 11 is 7.37. The average Bonchev–Trinajstić information content (AvgIpc) is 3.26. The number of guanidine groups is 1. The van der Waals surface area contributed by atoms with Crippen LogP contribution in [0, 0.1) is 0 Å². The minimum Gasteiger partial charge on any atom is -0.369 e. The second-order valence-corrected chi connectivity index (χ2v) is 8.50. The third-order valence-electron chi connectivity index (χ3n) is 3.96. The molecule has 2 aromatic heterocycles. The number of hydrazone groups is 1. The van der Waals surface area contributed by atoms with Crippen LogP contribution < -0.4 is 21.6 Å². The molecule has 3 aromatic rings. The Morgan fingerprint density at radius 1 is 1.37 bits per heavy atom. The van der Waals surface area contributed by atoms with Crippen molar-refractivity contribution in [2.45, 2.75) is 11.4 Å². The molecule has 0 saturated carbocycles. The summed E-state index contributed by atoms with van der Waals surface area (Å²) < 4.78 is 30.0. The summed E-state index contributed by atoms with van der Waals surface area (Å²) in [5.41, 5.74) is 16.2. The van der Waals surface area contributed by atoms with Crippen molar-refractivity contribution in [3.05, 3.63) is 52.1 Å². The van der Waals surface area contributed by atoms with Gasteiger partial charge in [-0.3, -0.25) is 14.5 Å². The topological polar surface area (TPSA) is 140 Å². The maximum atomic E-state index is 13.0. The number of sulfonamides is 1. The molecule has 0 amide bonds. The minimum absolute atomic E-state index is 0.0739. The van der Waals surface area contributed by atoms with Gasteiger partial charge in [0.25, 0.3) is 10.0 Å². The van der Waals surface area contributed by atoms with E-state index in [1.165, 1.54) is 15.7 Å². The number of halogens is 1. The van der Waals surface area contributed by atoms with E-state index in [9.17, 15) is 8.42 Å². The van der Waals surface area contributed by atoms with Gasteiger partial charge in [0.05, 0.1) is 11.4 Å². The molecular formula is C15H14ClN7O2S2. The molecule has 0 atom stereocenters. The zero-order chi connectivity index (χ0) is 19.2. The Kier molecular flexibility index (Phi) is 4.21. The molecule has 9 nitrogen and oxygen atoms in total. The number of aromatic nitrogens is 2. The summed E-state index contributed by atoms with van der Waals surface area (Å²) in [6.45, 7) is 0. The number of nitrogens with two attached hydrogens (primary N) is 2. The van der Waals surface area contributed by atoms with Crippen molar-refractivity contribution in [2.75, 3.05) is 4.72 Å². The summed E-state index contributed by atoms with van der Waals surface area (Å²) in [6.07, 6.45) is 4.00. The number of imidazole rings is 1. The van der Waals surface area contributed by atoms with Crippen LogP contribution in [0.1, 0.15) is 11.1 Å². The van der Waals surface area contributed by atoms with Gasteiger partial charge in [0, 0.05) is 17.1 Å². The number of benzene rings is 1. The number of allylic oxidation sites excluding steroid dienone is 1. The molecule has 12 heteroatoms. The van der Waals surface area contributed by atoms with Gasteiger partial charge in [-0.15, -0.1) is 16.4 Å². The number of hydrogen-bond acceptors (Lipinski definition) is 6. The number of rotatable bonds is 5. The Bertz CT molecular complexity index is 1210. The van der Waals surface area contributed by atoms with E-state index in [-0.39, 0.29) is 16.1 Å². The molecule has 140 valence electrons. The molecule has 1 aromatic carbocycles. The van der Waals surface area contributed by atoms with Crippen molar-refractivity contribution in [2.24, 2.45) is 16.6 Å². The Morgan fingerprint density at radius 2 is 2.19 bits per heavy atom. The normalized spacial score (nSPS) is 13.3. The summed E-state index contributed by atoms with van der Waals surface area (Å²) in [5, 5.41) is 5.35. The van der Waals surface area contributed by atoms with Gasteiger partial charge in [0.15, 0.2) is 15.1 Å². The number of fused-ring (bicyclic) bond motifs is 2. The van der Waals surface area contributed by atoms with Crippen LogP contribution in [-0.2, 0) is 16.4 Å². The fourth-order valence-corrected chi connectivity index (χ4v) is 5.42. The third kappa shape index (κ3) is 3.09. The molecule has 1 aliphatic carbocycles. The van der Waals surface area contributed by atoms with Crippen molar-refractivity contribution >= 4 is 55.3 Å². The van der Waals surface area contributed by atoms with Gasteiger partial charge in [-0.1, -0.05) is 29.8 Å². The number of hydrogen-bond donors (Lipinski definition) is 4. The fourth-order valence-electron chi connectivity index (χ4n) is 2.87. The van der Waals surface area contributed by atoms with Gasteiger partial charge in [-0.25, -0.2) is 4.98 Å². The maximum absolute atomic E-state index is 13.0. The predicted molar refractivity (Wildman–Crippen MR) is 106 cm³/mol. The second-order valence-electron chi connectivity index (χ2n) is 5.67. The van der Waals surface area contributed by atoms with Crippen LogP contribution in [0.2, 0.25) is 5.15 Å². The van der Waals surface area contributed by atoms with E-state index in [4.69, 9.17) is 23.1 Å². The molecule has 0 fully saturated rings. The van der Waals surface area contributed by atoms with Gasteiger partial charge in [0.1, 0.15) is 0 Å². The Balaban J connectivity index is 1.69. The van der Waals surface area contributed by atoms with E-state index in [0.29, 0.717) is 22.8 Å². The molecule has 0 bridgehead atoms. The summed E-state index contributed by atoms with van der Waals surface area (Å²) in [7, 11) is -3.95. The molecule has 4 rings (SSSR count). The van der Waals surface area contributed by atoms with Gasteiger partial charge in [-0.2, -0.15) is 8.42 Å². The molecule has 0 unspecified atom stereocenters. The first-order chi connectivity index (χ1) is 12.9. The van der Waals surface area contributed by atoms with Gasteiger partial charge < -0.3 is 11.5 Å². The lowest BCUT2D eigenvalue weighted by molar-refractivity contribution is 0.596. The highest BCUT2D eigenvalue weighted by molar-refractivity contribution is 7.92. The van der Waals surface area contributed by atoms with Crippen molar-refractivity contribution in [3.63, 3.8) is 0 Å². The molecule has 0 saturated heterocycles. The lowest BCUT2D eigenvalue weighted by Gasteiger charge is -2.13. The first kappa shape index (κ1) is 17.6. The number of nitrogens with zero attached hydrogens (tertiary/aromatic N) is 3. The highest BCUT2D eigenvalue weighted by Gasteiger charge is 2.27. The highest BCUT2D eigenvalue weighted by Crippen LogP contribution is 2.33. The fraction of sp³-hybridized carbons (Fsp3) is 0.0667. The van der Waals surface area contributed by atoms with Crippen LogP contribution in [0.25, 0.3) is 10.7 Å². The molecule has 6 N–H and O–H groups in total.